The van der Waals surface area contributed by atoms with Crippen LogP contribution in [0.5, 0.6) is 11.5 Å². The second-order valence-corrected chi connectivity index (χ2v) is 7.76. The summed E-state index contributed by atoms with van der Waals surface area (Å²) in [6, 6.07) is 13.8. The number of nitrogens with one attached hydrogen (secondary N) is 2. The van der Waals surface area contributed by atoms with E-state index in [0.717, 1.165) is 11.1 Å². The van der Waals surface area contributed by atoms with Gasteiger partial charge < -0.3 is 14.9 Å². The molecule has 2 heterocycles. The lowest BCUT2D eigenvalue weighted by atomic mass is 10.2. The number of halogens is 2. The minimum Gasteiger partial charge on any atom is -0.490 e. The van der Waals surface area contributed by atoms with Crippen LogP contribution < -0.4 is 14.9 Å². The lowest BCUT2D eigenvalue weighted by molar-refractivity contribution is 0.265. The molecule has 170 valence electrons. The minimum atomic E-state index is -0.414. The van der Waals surface area contributed by atoms with E-state index in [9.17, 15) is 4.39 Å². The Bertz CT molecular complexity index is 1280. The summed E-state index contributed by atoms with van der Waals surface area (Å²) in [7, 11) is 0. The number of ether oxygens (including phenoxy) is 2. The Hall–Kier alpha value is -3.43. The van der Waals surface area contributed by atoms with Crippen LogP contribution in [0.2, 0.25) is 5.02 Å². The molecule has 0 saturated carbocycles. The summed E-state index contributed by atoms with van der Waals surface area (Å²) in [5.41, 5.74) is 5.37. The zero-order valence-corrected chi connectivity index (χ0v) is 19.3. The summed E-state index contributed by atoms with van der Waals surface area (Å²) in [5, 5.41) is 7.41. The third kappa shape index (κ3) is 5.32. The van der Waals surface area contributed by atoms with Gasteiger partial charge in [0.15, 0.2) is 17.3 Å². The maximum atomic E-state index is 14.1. The molecule has 0 unspecified atom stereocenters. The van der Waals surface area contributed by atoms with Gasteiger partial charge >= 0.3 is 0 Å². The standard InChI is InChI=1S/C23H21ClFN5O2S/c1-2-31-21-12-15(6-7-20(21)32-14-17-18(24)4-3-5-19(17)25)13-27-30-22(28-29-23(30)33)16-8-10-26-11-9-16/h3-12,27H,2,13-14H2,1H3,(H,29,33). The number of hydrogen-bond acceptors (Lipinski definition) is 6. The molecular formula is C23H21ClFN5O2S. The Labute approximate surface area is 200 Å². The predicted molar refractivity (Wildman–Crippen MR) is 127 cm³/mol. The molecular weight excluding hydrogens is 465 g/mol. The van der Waals surface area contributed by atoms with Crippen LogP contribution in [-0.2, 0) is 13.2 Å². The van der Waals surface area contributed by atoms with Crippen molar-refractivity contribution in [3.8, 4) is 22.9 Å². The lowest BCUT2D eigenvalue weighted by Crippen LogP contribution is -2.16. The fraction of sp³-hybridized carbons (Fsp3) is 0.174. The zero-order valence-electron chi connectivity index (χ0n) is 17.7. The number of rotatable bonds is 9. The summed E-state index contributed by atoms with van der Waals surface area (Å²) in [4.78, 5) is 4.03. The number of aromatic nitrogens is 4. The summed E-state index contributed by atoms with van der Waals surface area (Å²) in [5.74, 6) is 1.28. The third-order valence-corrected chi connectivity index (χ3v) is 5.42. The van der Waals surface area contributed by atoms with E-state index in [1.807, 2.05) is 31.2 Å². The van der Waals surface area contributed by atoms with E-state index >= 15 is 0 Å². The molecule has 0 radical (unpaired) electrons. The van der Waals surface area contributed by atoms with Crippen LogP contribution in [0.15, 0.2) is 60.9 Å². The van der Waals surface area contributed by atoms with Crippen molar-refractivity contribution in [1.82, 2.24) is 19.9 Å². The third-order valence-electron chi connectivity index (χ3n) is 4.79. The zero-order chi connectivity index (χ0) is 23.2. The molecule has 2 aromatic carbocycles. The molecule has 0 spiro atoms. The normalized spacial score (nSPS) is 10.8. The SMILES string of the molecule is CCOc1cc(CNn2c(-c3ccncc3)n[nH]c2=S)ccc1OCc1c(F)cccc1Cl. The van der Waals surface area contributed by atoms with E-state index < -0.39 is 5.82 Å². The first-order valence-corrected chi connectivity index (χ1v) is 11.0. The van der Waals surface area contributed by atoms with Gasteiger partial charge in [0.25, 0.3) is 0 Å². The fourth-order valence-electron chi connectivity index (χ4n) is 3.18. The van der Waals surface area contributed by atoms with Crippen LogP contribution in [-0.4, -0.2) is 26.5 Å². The van der Waals surface area contributed by atoms with Gasteiger partial charge in [0, 0.05) is 23.5 Å². The molecule has 0 atom stereocenters. The molecule has 0 saturated heterocycles. The molecule has 0 fully saturated rings. The van der Waals surface area contributed by atoms with E-state index in [2.05, 4.69) is 20.6 Å². The summed E-state index contributed by atoms with van der Waals surface area (Å²) in [6.07, 6.45) is 3.39. The predicted octanol–water partition coefficient (Wildman–Crippen LogP) is 5.52. The molecule has 4 aromatic rings. The number of aromatic amines is 1. The first kappa shape index (κ1) is 22.8. The monoisotopic (exact) mass is 485 g/mol. The average Bonchev–Trinajstić information content (AvgIpc) is 3.19. The number of pyridine rings is 1. The fourth-order valence-corrected chi connectivity index (χ4v) is 3.59. The van der Waals surface area contributed by atoms with Gasteiger partial charge in [-0.05, 0) is 61.1 Å². The van der Waals surface area contributed by atoms with E-state index in [1.54, 1.807) is 35.3 Å². The van der Waals surface area contributed by atoms with Crippen LogP contribution in [0.3, 0.4) is 0 Å². The van der Waals surface area contributed by atoms with Crippen molar-refractivity contribution in [3.63, 3.8) is 0 Å². The summed E-state index contributed by atoms with van der Waals surface area (Å²) >= 11 is 11.5. The number of hydrogen-bond donors (Lipinski definition) is 2. The van der Waals surface area contributed by atoms with Crippen molar-refractivity contribution in [2.75, 3.05) is 12.0 Å². The van der Waals surface area contributed by atoms with Crippen LogP contribution in [0.1, 0.15) is 18.1 Å². The highest BCUT2D eigenvalue weighted by molar-refractivity contribution is 7.71. The van der Waals surface area contributed by atoms with Crippen molar-refractivity contribution in [1.29, 1.82) is 0 Å². The van der Waals surface area contributed by atoms with E-state index in [0.29, 0.717) is 45.8 Å². The Balaban J connectivity index is 1.51. The second-order valence-electron chi connectivity index (χ2n) is 6.96. The Kier molecular flexibility index (Phi) is 7.21. The smallest absolute Gasteiger partial charge is 0.214 e. The van der Waals surface area contributed by atoms with E-state index in [-0.39, 0.29) is 6.61 Å². The number of benzene rings is 2. The van der Waals surface area contributed by atoms with Gasteiger partial charge in [0.05, 0.1) is 18.2 Å². The van der Waals surface area contributed by atoms with Gasteiger partial charge in [-0.1, -0.05) is 23.7 Å². The molecule has 4 rings (SSSR count). The molecule has 7 nitrogen and oxygen atoms in total. The van der Waals surface area contributed by atoms with Gasteiger partial charge in [0.2, 0.25) is 4.77 Å². The molecule has 33 heavy (non-hydrogen) atoms. The highest BCUT2D eigenvalue weighted by Gasteiger charge is 2.13. The molecule has 0 amide bonds. The number of H-pyrrole nitrogens is 1. The molecule has 2 N–H and O–H groups in total. The minimum absolute atomic E-state index is 0.0113. The van der Waals surface area contributed by atoms with Crippen molar-refractivity contribution in [2.45, 2.75) is 20.1 Å². The molecule has 10 heteroatoms. The first-order valence-electron chi connectivity index (χ1n) is 10.2. The van der Waals surface area contributed by atoms with Gasteiger partial charge in [-0.3, -0.25) is 4.98 Å². The maximum absolute atomic E-state index is 14.1. The van der Waals surface area contributed by atoms with Crippen molar-refractivity contribution in [2.24, 2.45) is 0 Å². The summed E-state index contributed by atoms with van der Waals surface area (Å²) < 4.78 is 27.8. The molecule has 0 aliphatic rings. The maximum Gasteiger partial charge on any atom is 0.214 e. The second kappa shape index (κ2) is 10.5. The topological polar surface area (TPSA) is 77.0 Å². The van der Waals surface area contributed by atoms with Gasteiger partial charge in [-0.25, -0.2) is 14.2 Å². The number of nitrogens with zero attached hydrogens (tertiary/aromatic N) is 3. The first-order chi connectivity index (χ1) is 16.1. The van der Waals surface area contributed by atoms with Crippen LogP contribution >= 0.6 is 23.8 Å². The van der Waals surface area contributed by atoms with Crippen molar-refractivity contribution >= 4 is 23.8 Å². The van der Waals surface area contributed by atoms with Gasteiger partial charge in [-0.2, -0.15) is 5.10 Å². The van der Waals surface area contributed by atoms with Crippen LogP contribution in [0.4, 0.5) is 4.39 Å². The van der Waals surface area contributed by atoms with Crippen molar-refractivity contribution in [3.05, 3.63) is 87.7 Å². The van der Waals surface area contributed by atoms with Gasteiger partial charge in [0.1, 0.15) is 12.4 Å². The highest BCUT2D eigenvalue weighted by atomic mass is 35.5. The molecule has 0 aliphatic heterocycles. The van der Waals surface area contributed by atoms with Crippen LogP contribution in [0.25, 0.3) is 11.4 Å². The Morgan fingerprint density at radius 1 is 1.12 bits per heavy atom. The lowest BCUT2D eigenvalue weighted by Gasteiger charge is -2.15. The highest BCUT2D eigenvalue weighted by Crippen LogP contribution is 2.30. The Morgan fingerprint density at radius 2 is 1.94 bits per heavy atom. The molecule has 2 aromatic heterocycles. The Morgan fingerprint density at radius 3 is 2.70 bits per heavy atom. The van der Waals surface area contributed by atoms with E-state index in [4.69, 9.17) is 33.3 Å². The average molecular weight is 486 g/mol. The van der Waals surface area contributed by atoms with Crippen molar-refractivity contribution < 1.29 is 13.9 Å². The largest absolute Gasteiger partial charge is 0.490 e. The summed E-state index contributed by atoms with van der Waals surface area (Å²) in [6.45, 7) is 2.77. The van der Waals surface area contributed by atoms with Crippen LogP contribution in [0, 0.1) is 10.6 Å². The van der Waals surface area contributed by atoms with E-state index in [1.165, 1.54) is 6.07 Å². The molecule has 0 bridgehead atoms. The molecule has 0 aliphatic carbocycles. The quantitative estimate of drug-likeness (QED) is 0.304. The van der Waals surface area contributed by atoms with Gasteiger partial charge in [-0.15, -0.1) is 0 Å².